The number of nitro groups is 1. The van der Waals surface area contributed by atoms with Crippen molar-refractivity contribution in [3.05, 3.63) is 68.7 Å². The van der Waals surface area contributed by atoms with Gasteiger partial charge in [0.05, 0.1) is 23.5 Å². The molecule has 0 saturated carbocycles. The molecule has 0 aliphatic carbocycles. The molecule has 1 unspecified atom stereocenters. The predicted octanol–water partition coefficient (Wildman–Crippen LogP) is 2.85. The van der Waals surface area contributed by atoms with E-state index in [4.69, 9.17) is 9.15 Å². The van der Waals surface area contributed by atoms with Crippen LogP contribution in [0.1, 0.15) is 37.1 Å². The maximum Gasteiger partial charge on any atom is 0.336 e. The Balaban J connectivity index is 2.25. The minimum Gasteiger partial charge on any atom is -0.466 e. The Labute approximate surface area is 154 Å². The van der Waals surface area contributed by atoms with Gasteiger partial charge in [0.15, 0.2) is 0 Å². The molecule has 0 radical (unpaired) electrons. The van der Waals surface area contributed by atoms with Crippen molar-refractivity contribution in [2.75, 3.05) is 7.11 Å². The topological polar surface area (TPSA) is 120 Å². The van der Waals surface area contributed by atoms with Gasteiger partial charge in [-0.2, -0.15) is 0 Å². The second-order valence-corrected chi connectivity index (χ2v) is 6.11. The molecule has 0 fully saturated rings. The molecule has 140 valence electrons. The van der Waals surface area contributed by atoms with Gasteiger partial charge in [-0.15, -0.1) is 10.2 Å². The maximum atomic E-state index is 12.5. The van der Waals surface area contributed by atoms with Crippen LogP contribution in [0.4, 0.5) is 5.69 Å². The van der Waals surface area contributed by atoms with Crippen LogP contribution in [-0.2, 0) is 9.53 Å². The molecule has 0 saturated heterocycles. The number of ether oxygens (including phenoxy) is 1. The van der Waals surface area contributed by atoms with E-state index in [2.05, 4.69) is 15.5 Å². The van der Waals surface area contributed by atoms with Gasteiger partial charge in [-0.25, -0.2) is 4.79 Å². The van der Waals surface area contributed by atoms with Crippen molar-refractivity contribution in [2.24, 2.45) is 0 Å². The van der Waals surface area contributed by atoms with Gasteiger partial charge in [-0.1, -0.05) is 12.1 Å². The molecule has 0 amide bonds. The van der Waals surface area contributed by atoms with Gasteiger partial charge in [0.2, 0.25) is 11.8 Å². The van der Waals surface area contributed by atoms with Gasteiger partial charge in [-0.3, -0.25) is 10.1 Å². The highest BCUT2D eigenvalue weighted by Crippen LogP contribution is 2.43. The first-order valence-corrected chi connectivity index (χ1v) is 8.15. The number of dihydropyridines is 1. The van der Waals surface area contributed by atoms with Crippen molar-refractivity contribution >= 4 is 17.2 Å². The first-order valence-electron chi connectivity index (χ1n) is 8.15. The fraction of sp³-hybridized carbons (Fsp3) is 0.278. The summed E-state index contributed by atoms with van der Waals surface area (Å²) in [6.07, 6.45) is 0. The number of nitro benzene ring substituents is 1. The van der Waals surface area contributed by atoms with Crippen LogP contribution in [0.25, 0.3) is 5.57 Å². The standard InChI is InChI=1S/C18H18N4O5/c1-9-14(17-21-20-11(3)27-17)16(15(10(2)19-9)18(23)26-4)12-6-5-7-13(8-12)22(24)25/h5-8,16,19H,1-4H3. The molecular weight excluding hydrogens is 352 g/mol. The SMILES string of the molecule is COC(=O)C1=C(C)NC(C)=C(c2nnc(C)o2)C1c1cccc([N+](=O)[O-])c1. The summed E-state index contributed by atoms with van der Waals surface area (Å²) in [5.41, 5.74) is 2.68. The van der Waals surface area contributed by atoms with Crippen LogP contribution in [0, 0.1) is 17.0 Å². The summed E-state index contributed by atoms with van der Waals surface area (Å²) in [5, 5.41) is 22.3. The number of carbonyl (C=O) groups excluding carboxylic acids is 1. The van der Waals surface area contributed by atoms with E-state index in [0.717, 1.165) is 0 Å². The van der Waals surface area contributed by atoms with Gasteiger partial charge < -0.3 is 14.5 Å². The van der Waals surface area contributed by atoms with E-state index in [1.807, 2.05) is 6.92 Å². The lowest BCUT2D eigenvalue weighted by atomic mass is 9.80. The highest BCUT2D eigenvalue weighted by molar-refractivity contribution is 5.96. The summed E-state index contributed by atoms with van der Waals surface area (Å²) in [6.45, 7) is 5.22. The van der Waals surface area contributed by atoms with Crippen molar-refractivity contribution in [3.8, 4) is 0 Å². The summed E-state index contributed by atoms with van der Waals surface area (Å²) in [5.74, 6) is -0.590. The Kier molecular flexibility index (Phi) is 4.76. The summed E-state index contributed by atoms with van der Waals surface area (Å²) in [4.78, 5) is 23.3. The first kappa shape index (κ1) is 18.3. The monoisotopic (exact) mass is 370 g/mol. The lowest BCUT2D eigenvalue weighted by molar-refractivity contribution is -0.384. The molecule has 9 heteroatoms. The molecule has 9 nitrogen and oxygen atoms in total. The summed E-state index contributed by atoms with van der Waals surface area (Å²) < 4.78 is 10.5. The van der Waals surface area contributed by atoms with E-state index >= 15 is 0 Å². The van der Waals surface area contributed by atoms with Crippen molar-refractivity contribution in [2.45, 2.75) is 26.7 Å². The molecule has 1 aromatic heterocycles. The number of aromatic nitrogens is 2. The smallest absolute Gasteiger partial charge is 0.336 e. The average molecular weight is 370 g/mol. The maximum absolute atomic E-state index is 12.5. The van der Waals surface area contributed by atoms with Crippen molar-refractivity contribution in [3.63, 3.8) is 0 Å². The molecule has 2 heterocycles. The summed E-state index contributed by atoms with van der Waals surface area (Å²) in [7, 11) is 1.29. The highest BCUT2D eigenvalue weighted by atomic mass is 16.6. The Hall–Kier alpha value is -3.49. The van der Waals surface area contributed by atoms with Crippen molar-refractivity contribution < 1.29 is 18.9 Å². The van der Waals surface area contributed by atoms with Crippen LogP contribution in [0.5, 0.6) is 0 Å². The minimum atomic E-state index is -0.654. The number of benzene rings is 1. The van der Waals surface area contributed by atoms with E-state index in [1.54, 1.807) is 26.0 Å². The van der Waals surface area contributed by atoms with Gasteiger partial charge in [0.25, 0.3) is 5.69 Å². The molecule has 0 spiro atoms. The Bertz CT molecular complexity index is 989. The van der Waals surface area contributed by atoms with Crippen LogP contribution in [-0.4, -0.2) is 28.2 Å². The zero-order valence-corrected chi connectivity index (χ0v) is 15.3. The van der Waals surface area contributed by atoms with Crippen LogP contribution in [0.15, 0.2) is 45.6 Å². The molecule has 27 heavy (non-hydrogen) atoms. The Morgan fingerprint density at radius 3 is 2.59 bits per heavy atom. The zero-order chi connectivity index (χ0) is 19.7. The van der Waals surface area contributed by atoms with Crippen LogP contribution in [0.2, 0.25) is 0 Å². The number of rotatable bonds is 4. The second-order valence-electron chi connectivity index (χ2n) is 6.11. The lowest BCUT2D eigenvalue weighted by Gasteiger charge is -2.29. The Morgan fingerprint density at radius 2 is 2.00 bits per heavy atom. The first-order chi connectivity index (χ1) is 12.8. The third-order valence-corrected chi connectivity index (χ3v) is 4.34. The van der Waals surface area contributed by atoms with E-state index < -0.39 is 16.8 Å². The third-order valence-electron chi connectivity index (χ3n) is 4.34. The lowest BCUT2D eigenvalue weighted by Crippen LogP contribution is -2.28. The number of aryl methyl sites for hydroxylation is 1. The van der Waals surface area contributed by atoms with E-state index in [0.29, 0.717) is 34.0 Å². The molecule has 3 rings (SSSR count). The van der Waals surface area contributed by atoms with Crippen LogP contribution < -0.4 is 5.32 Å². The number of allylic oxidation sites excluding steroid dienone is 3. The number of hydrogen-bond donors (Lipinski definition) is 1. The molecule has 0 bridgehead atoms. The van der Waals surface area contributed by atoms with Crippen molar-refractivity contribution in [1.29, 1.82) is 0 Å². The highest BCUT2D eigenvalue weighted by Gasteiger charge is 2.37. The predicted molar refractivity (Wildman–Crippen MR) is 95.3 cm³/mol. The number of carbonyl (C=O) groups is 1. The van der Waals surface area contributed by atoms with Crippen molar-refractivity contribution in [1.82, 2.24) is 15.5 Å². The van der Waals surface area contributed by atoms with E-state index in [-0.39, 0.29) is 11.6 Å². The third kappa shape index (κ3) is 3.31. The van der Waals surface area contributed by atoms with E-state index in [9.17, 15) is 14.9 Å². The number of non-ortho nitro benzene ring substituents is 1. The minimum absolute atomic E-state index is 0.0772. The molecule has 1 aromatic carbocycles. The summed E-state index contributed by atoms with van der Waals surface area (Å²) >= 11 is 0. The van der Waals surface area contributed by atoms with Gasteiger partial charge >= 0.3 is 5.97 Å². The number of esters is 1. The fourth-order valence-electron chi connectivity index (χ4n) is 3.21. The van der Waals surface area contributed by atoms with Crippen LogP contribution in [0.3, 0.4) is 0 Å². The molecule has 1 atom stereocenters. The molecule has 2 aromatic rings. The molecule has 1 aliphatic heterocycles. The fourth-order valence-corrected chi connectivity index (χ4v) is 3.21. The normalized spacial score (nSPS) is 17.0. The number of nitrogens with zero attached hydrogens (tertiary/aromatic N) is 3. The number of methoxy groups -OCH3 is 1. The number of hydrogen-bond acceptors (Lipinski definition) is 8. The summed E-state index contributed by atoms with van der Waals surface area (Å²) in [6, 6.07) is 6.12. The van der Waals surface area contributed by atoms with Gasteiger partial charge in [-0.05, 0) is 19.4 Å². The van der Waals surface area contributed by atoms with E-state index in [1.165, 1.54) is 19.2 Å². The second kappa shape index (κ2) is 7.02. The largest absolute Gasteiger partial charge is 0.466 e. The quantitative estimate of drug-likeness (QED) is 0.495. The Morgan fingerprint density at radius 1 is 1.26 bits per heavy atom. The number of nitrogens with one attached hydrogen (secondary N) is 1. The van der Waals surface area contributed by atoms with Crippen LogP contribution >= 0.6 is 0 Å². The molecular formula is C18H18N4O5. The average Bonchev–Trinajstić information content (AvgIpc) is 3.06. The van der Waals surface area contributed by atoms with Gasteiger partial charge in [0, 0.05) is 36.0 Å². The molecule has 1 aliphatic rings. The molecule has 1 N–H and O–H groups in total. The zero-order valence-electron chi connectivity index (χ0n) is 15.3. The van der Waals surface area contributed by atoms with Gasteiger partial charge in [0.1, 0.15) is 0 Å².